The molecule has 1 amide bonds. The van der Waals surface area contributed by atoms with Crippen molar-refractivity contribution in [3.05, 3.63) is 54.4 Å². The van der Waals surface area contributed by atoms with Crippen molar-refractivity contribution in [1.82, 2.24) is 9.88 Å². The molecule has 2 aromatic rings. The van der Waals surface area contributed by atoms with Crippen molar-refractivity contribution in [3.63, 3.8) is 0 Å². The molecule has 4 nitrogen and oxygen atoms in total. The Morgan fingerprint density at radius 2 is 1.81 bits per heavy atom. The van der Waals surface area contributed by atoms with Gasteiger partial charge >= 0.3 is 0 Å². The molecule has 1 aliphatic heterocycles. The highest BCUT2D eigenvalue weighted by molar-refractivity contribution is 5.94. The van der Waals surface area contributed by atoms with Crippen LogP contribution in [0.5, 0.6) is 0 Å². The van der Waals surface area contributed by atoms with Gasteiger partial charge in [-0.15, -0.1) is 0 Å². The van der Waals surface area contributed by atoms with Crippen LogP contribution in [0.2, 0.25) is 0 Å². The van der Waals surface area contributed by atoms with Crippen LogP contribution in [0, 0.1) is 5.92 Å². The minimum Gasteiger partial charge on any atom is -0.381 e. The smallest absolute Gasteiger partial charge is 0.251 e. The van der Waals surface area contributed by atoms with E-state index in [0.29, 0.717) is 11.5 Å². The molecule has 0 aliphatic carbocycles. The molecule has 0 spiro atoms. The van der Waals surface area contributed by atoms with Crippen LogP contribution >= 0.6 is 0 Å². The molecule has 1 aromatic heterocycles. The van der Waals surface area contributed by atoms with E-state index in [-0.39, 0.29) is 5.91 Å². The van der Waals surface area contributed by atoms with Crippen LogP contribution < -0.4 is 5.32 Å². The summed E-state index contributed by atoms with van der Waals surface area (Å²) in [6, 6.07) is 11.6. The molecule has 1 N–H and O–H groups in total. The largest absolute Gasteiger partial charge is 0.381 e. The van der Waals surface area contributed by atoms with E-state index >= 15 is 0 Å². The summed E-state index contributed by atoms with van der Waals surface area (Å²) in [5.74, 6) is 0.544. The molecule has 1 saturated heterocycles. The standard InChI is InChI=1S/C17H20N2O2/c20-17(18-13-14-7-11-21-12-8-14)15-3-5-16(6-4-15)19-9-1-2-10-19/h1-6,9-10,14H,7-8,11-13H2,(H,18,20). The Hall–Kier alpha value is -2.07. The number of carbonyl (C=O) groups excluding carboxylic acids is 1. The molecule has 0 unspecified atom stereocenters. The van der Waals surface area contributed by atoms with Crippen LogP contribution in [0.15, 0.2) is 48.8 Å². The molecular weight excluding hydrogens is 264 g/mol. The van der Waals surface area contributed by atoms with Gasteiger partial charge < -0.3 is 14.6 Å². The normalized spacial score (nSPS) is 15.8. The fourth-order valence-corrected chi connectivity index (χ4v) is 2.58. The Labute approximate surface area is 124 Å². The van der Waals surface area contributed by atoms with E-state index in [0.717, 1.165) is 38.3 Å². The number of ether oxygens (including phenoxy) is 1. The monoisotopic (exact) mass is 284 g/mol. The first-order valence-electron chi connectivity index (χ1n) is 7.42. The highest BCUT2D eigenvalue weighted by Gasteiger charge is 2.15. The van der Waals surface area contributed by atoms with E-state index in [1.54, 1.807) is 0 Å². The number of nitrogens with zero attached hydrogens (tertiary/aromatic N) is 1. The number of amides is 1. The van der Waals surface area contributed by atoms with Gasteiger partial charge in [-0.3, -0.25) is 4.79 Å². The second-order valence-corrected chi connectivity index (χ2v) is 5.40. The SMILES string of the molecule is O=C(NCC1CCOCC1)c1ccc(-n2cccc2)cc1. The lowest BCUT2D eigenvalue weighted by atomic mass is 10.0. The summed E-state index contributed by atoms with van der Waals surface area (Å²) >= 11 is 0. The van der Waals surface area contributed by atoms with Crippen molar-refractivity contribution in [3.8, 4) is 5.69 Å². The highest BCUT2D eigenvalue weighted by Crippen LogP contribution is 2.14. The first-order chi connectivity index (χ1) is 10.3. The highest BCUT2D eigenvalue weighted by atomic mass is 16.5. The lowest BCUT2D eigenvalue weighted by Gasteiger charge is -2.22. The Bertz CT molecular complexity index is 569. The molecular formula is C17H20N2O2. The maximum absolute atomic E-state index is 12.1. The predicted molar refractivity (Wildman–Crippen MR) is 81.6 cm³/mol. The molecule has 0 saturated carbocycles. The Morgan fingerprint density at radius 1 is 1.14 bits per heavy atom. The maximum atomic E-state index is 12.1. The zero-order valence-corrected chi connectivity index (χ0v) is 12.0. The summed E-state index contributed by atoms with van der Waals surface area (Å²) in [7, 11) is 0. The summed E-state index contributed by atoms with van der Waals surface area (Å²) in [5.41, 5.74) is 1.76. The quantitative estimate of drug-likeness (QED) is 0.938. The van der Waals surface area contributed by atoms with Crippen LogP contribution in [0.25, 0.3) is 5.69 Å². The Balaban J connectivity index is 1.57. The molecule has 2 heterocycles. The zero-order chi connectivity index (χ0) is 14.5. The maximum Gasteiger partial charge on any atom is 0.251 e. The van der Waals surface area contributed by atoms with Gasteiger partial charge in [0.05, 0.1) is 0 Å². The summed E-state index contributed by atoms with van der Waals surface area (Å²) < 4.78 is 7.34. The number of hydrogen-bond acceptors (Lipinski definition) is 2. The third-order valence-corrected chi connectivity index (χ3v) is 3.92. The van der Waals surface area contributed by atoms with E-state index in [4.69, 9.17) is 4.74 Å². The van der Waals surface area contributed by atoms with Gasteiger partial charge in [0.15, 0.2) is 0 Å². The van der Waals surface area contributed by atoms with Gasteiger partial charge in [-0.2, -0.15) is 0 Å². The topological polar surface area (TPSA) is 43.3 Å². The third-order valence-electron chi connectivity index (χ3n) is 3.92. The zero-order valence-electron chi connectivity index (χ0n) is 12.0. The number of carbonyl (C=O) groups is 1. The van der Waals surface area contributed by atoms with Crippen molar-refractivity contribution < 1.29 is 9.53 Å². The van der Waals surface area contributed by atoms with Crippen LogP contribution in [-0.2, 0) is 4.74 Å². The molecule has 4 heteroatoms. The molecule has 0 bridgehead atoms. The van der Waals surface area contributed by atoms with Gasteiger partial charge in [-0.25, -0.2) is 0 Å². The second kappa shape index (κ2) is 6.59. The van der Waals surface area contributed by atoms with Crippen molar-refractivity contribution in [2.75, 3.05) is 19.8 Å². The summed E-state index contributed by atoms with van der Waals surface area (Å²) in [4.78, 5) is 12.1. The number of nitrogens with one attached hydrogen (secondary N) is 1. The fourth-order valence-electron chi connectivity index (χ4n) is 2.58. The first-order valence-corrected chi connectivity index (χ1v) is 7.42. The summed E-state index contributed by atoms with van der Waals surface area (Å²) in [6.07, 6.45) is 6.04. The predicted octanol–water partition coefficient (Wildman–Crippen LogP) is 2.63. The lowest BCUT2D eigenvalue weighted by molar-refractivity contribution is 0.0642. The summed E-state index contributed by atoms with van der Waals surface area (Å²) in [5, 5.41) is 3.02. The molecule has 0 radical (unpaired) electrons. The molecule has 1 aromatic carbocycles. The molecule has 110 valence electrons. The Kier molecular flexibility index (Phi) is 4.36. The first kappa shape index (κ1) is 13.9. The molecule has 0 atom stereocenters. The van der Waals surface area contributed by atoms with Gasteiger partial charge in [-0.05, 0) is 55.2 Å². The van der Waals surface area contributed by atoms with Crippen LogP contribution in [0.1, 0.15) is 23.2 Å². The average Bonchev–Trinajstić information content (AvgIpc) is 3.08. The minimum atomic E-state index is 0.000507. The molecule has 3 rings (SSSR count). The van der Waals surface area contributed by atoms with E-state index in [9.17, 15) is 4.79 Å². The van der Waals surface area contributed by atoms with Gasteiger partial charge in [0.25, 0.3) is 5.91 Å². The summed E-state index contributed by atoms with van der Waals surface area (Å²) in [6.45, 7) is 2.36. The molecule has 1 fully saturated rings. The second-order valence-electron chi connectivity index (χ2n) is 5.40. The minimum absolute atomic E-state index is 0.000507. The van der Waals surface area contributed by atoms with E-state index in [1.807, 2.05) is 53.4 Å². The van der Waals surface area contributed by atoms with Crippen LogP contribution in [0.4, 0.5) is 0 Å². The molecule has 21 heavy (non-hydrogen) atoms. The van der Waals surface area contributed by atoms with Crippen LogP contribution in [0.3, 0.4) is 0 Å². The number of rotatable bonds is 4. The van der Waals surface area contributed by atoms with Crippen molar-refractivity contribution in [2.24, 2.45) is 5.92 Å². The lowest BCUT2D eigenvalue weighted by Crippen LogP contribution is -2.32. The third kappa shape index (κ3) is 3.52. The number of hydrogen-bond donors (Lipinski definition) is 1. The average molecular weight is 284 g/mol. The van der Waals surface area contributed by atoms with Gasteiger partial charge in [0.2, 0.25) is 0 Å². The fraction of sp³-hybridized carbons (Fsp3) is 0.353. The number of benzene rings is 1. The van der Waals surface area contributed by atoms with E-state index in [1.165, 1.54) is 0 Å². The van der Waals surface area contributed by atoms with Gasteiger partial charge in [0, 0.05) is 43.4 Å². The van der Waals surface area contributed by atoms with Crippen molar-refractivity contribution >= 4 is 5.91 Å². The van der Waals surface area contributed by atoms with E-state index < -0.39 is 0 Å². The van der Waals surface area contributed by atoms with Crippen molar-refractivity contribution in [1.29, 1.82) is 0 Å². The Morgan fingerprint density at radius 3 is 2.48 bits per heavy atom. The van der Waals surface area contributed by atoms with Crippen LogP contribution in [-0.4, -0.2) is 30.2 Å². The van der Waals surface area contributed by atoms with E-state index in [2.05, 4.69) is 5.32 Å². The van der Waals surface area contributed by atoms with Crippen molar-refractivity contribution in [2.45, 2.75) is 12.8 Å². The molecule has 1 aliphatic rings. The van der Waals surface area contributed by atoms with Gasteiger partial charge in [-0.1, -0.05) is 0 Å². The number of aromatic nitrogens is 1. The van der Waals surface area contributed by atoms with Gasteiger partial charge in [0.1, 0.15) is 0 Å².